The zero-order valence-electron chi connectivity index (χ0n) is 25.6. The minimum atomic E-state index is -1.76. The quantitative estimate of drug-likeness (QED) is 0.0913. The lowest BCUT2D eigenvalue weighted by Gasteiger charge is -2.33. The third kappa shape index (κ3) is 9.07. The van der Waals surface area contributed by atoms with Gasteiger partial charge in [-0.05, 0) is 25.7 Å². The Hall–Kier alpha value is -2.86. The molecule has 2 unspecified atom stereocenters. The Morgan fingerprint density at radius 2 is 1.33 bits per heavy atom. The van der Waals surface area contributed by atoms with Gasteiger partial charge in [0.25, 0.3) is 5.60 Å². The van der Waals surface area contributed by atoms with Gasteiger partial charge >= 0.3 is 12.1 Å². The van der Waals surface area contributed by atoms with Crippen molar-refractivity contribution in [3.63, 3.8) is 0 Å². The molecule has 42 heavy (non-hydrogen) atoms. The van der Waals surface area contributed by atoms with E-state index in [1.807, 2.05) is 60.7 Å². The molecule has 2 fully saturated rings. The van der Waals surface area contributed by atoms with Crippen molar-refractivity contribution in [3.05, 3.63) is 71.8 Å². The largest absolute Gasteiger partial charge is 0.510 e. The van der Waals surface area contributed by atoms with Gasteiger partial charge in [0.1, 0.15) is 19.3 Å². The monoisotopic (exact) mass is 579 g/mol. The number of ether oxygens (including phenoxy) is 3. The van der Waals surface area contributed by atoms with Crippen LogP contribution in [0.1, 0.15) is 114 Å². The molecule has 0 N–H and O–H groups in total. The normalized spacial score (nSPS) is 19.6. The average molecular weight is 580 g/mol. The van der Waals surface area contributed by atoms with Crippen LogP contribution in [-0.4, -0.2) is 44.2 Å². The van der Waals surface area contributed by atoms with Gasteiger partial charge in [-0.2, -0.15) is 0 Å². The number of carbonyl (C=O) groups excluding carboxylic acids is 2. The Labute approximate surface area is 252 Å². The van der Waals surface area contributed by atoms with E-state index in [-0.39, 0.29) is 12.7 Å². The third-order valence-electron chi connectivity index (χ3n) is 8.74. The van der Waals surface area contributed by atoms with Gasteiger partial charge in [0, 0.05) is 30.4 Å². The zero-order valence-corrected chi connectivity index (χ0v) is 25.6. The van der Waals surface area contributed by atoms with Crippen LogP contribution in [0.4, 0.5) is 4.79 Å². The van der Waals surface area contributed by atoms with Gasteiger partial charge in [0.05, 0.1) is 13.0 Å². The molecule has 1 aliphatic carbocycles. The van der Waals surface area contributed by atoms with Gasteiger partial charge in [0.2, 0.25) is 0 Å². The second kappa shape index (κ2) is 17.3. The molecule has 0 radical (unpaired) electrons. The SMILES string of the molecule is CCCCCCCCCCOC(=O)OC(C(=O)OC1CCCCC([O+]2CCCC2)C1)(c1ccccc1)c1ccccc1. The second-order valence-corrected chi connectivity index (χ2v) is 11.9. The molecule has 0 aromatic heterocycles. The molecule has 2 aromatic carbocycles. The highest BCUT2D eigenvalue weighted by Gasteiger charge is 2.50. The maximum Gasteiger partial charge on any atom is 0.510 e. The van der Waals surface area contributed by atoms with E-state index < -0.39 is 17.7 Å². The Bertz CT molecular complexity index is 1010. The van der Waals surface area contributed by atoms with Crippen LogP contribution >= 0.6 is 0 Å². The van der Waals surface area contributed by atoms with E-state index >= 15 is 0 Å². The van der Waals surface area contributed by atoms with E-state index in [1.165, 1.54) is 44.9 Å². The number of hydrogen-bond acceptors (Lipinski definition) is 5. The summed E-state index contributed by atoms with van der Waals surface area (Å²) in [7, 11) is 0. The van der Waals surface area contributed by atoms with Crippen molar-refractivity contribution >= 4 is 12.1 Å². The molecule has 1 saturated carbocycles. The highest BCUT2D eigenvalue weighted by Crippen LogP contribution is 2.38. The predicted molar refractivity (Wildman–Crippen MR) is 166 cm³/mol. The maximum atomic E-state index is 14.4. The van der Waals surface area contributed by atoms with Crippen LogP contribution in [-0.2, 0) is 29.0 Å². The van der Waals surface area contributed by atoms with Gasteiger partial charge in [-0.3, -0.25) is 0 Å². The standard InChI is InChI=1S/C36H51O6/c1-2-3-4-5-6-7-8-17-26-39-35(38)41-36(30-20-11-9-12-21-30,31-22-13-10-14-23-31)34(37)40-32-24-15-16-25-33(29-32)42-27-18-19-28-42/h9-14,20-23,32-33H,2-8,15-19,24-29H2,1H3/q+1. The number of esters is 1. The van der Waals surface area contributed by atoms with Crippen LogP contribution in [0.3, 0.4) is 0 Å². The van der Waals surface area contributed by atoms with Crippen LogP contribution in [0.15, 0.2) is 60.7 Å². The highest BCUT2D eigenvalue weighted by atomic mass is 16.7. The summed E-state index contributed by atoms with van der Waals surface area (Å²) in [4.78, 5) is 27.6. The molecule has 1 heterocycles. The van der Waals surface area contributed by atoms with E-state index in [9.17, 15) is 9.59 Å². The van der Waals surface area contributed by atoms with Crippen LogP contribution in [0.25, 0.3) is 0 Å². The smallest absolute Gasteiger partial charge is 0.459 e. The lowest BCUT2D eigenvalue weighted by Crippen LogP contribution is -2.45. The van der Waals surface area contributed by atoms with Gasteiger partial charge in [-0.15, -0.1) is 0 Å². The van der Waals surface area contributed by atoms with Crippen LogP contribution in [0.2, 0.25) is 0 Å². The molecule has 1 saturated heterocycles. The predicted octanol–water partition coefficient (Wildman–Crippen LogP) is 8.81. The number of unbranched alkanes of at least 4 members (excludes halogenated alkanes) is 7. The first kappa shape index (κ1) is 32.1. The van der Waals surface area contributed by atoms with Crippen molar-refractivity contribution in [3.8, 4) is 0 Å². The van der Waals surface area contributed by atoms with Gasteiger partial charge < -0.3 is 18.6 Å². The minimum Gasteiger partial charge on any atom is -0.459 e. The number of benzene rings is 2. The summed E-state index contributed by atoms with van der Waals surface area (Å²) >= 11 is 0. The molecule has 0 amide bonds. The maximum absolute atomic E-state index is 14.4. The van der Waals surface area contributed by atoms with E-state index in [0.29, 0.717) is 17.2 Å². The highest BCUT2D eigenvalue weighted by molar-refractivity contribution is 5.88. The Kier molecular flexibility index (Phi) is 13.2. The van der Waals surface area contributed by atoms with E-state index in [1.54, 1.807) is 0 Å². The van der Waals surface area contributed by atoms with Crippen molar-refractivity contribution in [1.29, 1.82) is 0 Å². The van der Waals surface area contributed by atoms with Crippen LogP contribution in [0.5, 0.6) is 0 Å². The summed E-state index contributed by atoms with van der Waals surface area (Å²) in [5.41, 5.74) is -0.671. The fourth-order valence-electron chi connectivity index (χ4n) is 6.38. The third-order valence-corrected chi connectivity index (χ3v) is 8.74. The van der Waals surface area contributed by atoms with Crippen LogP contribution in [0, 0.1) is 0 Å². The molecule has 0 spiro atoms. The molecule has 1 aliphatic heterocycles. The lowest BCUT2D eigenvalue weighted by atomic mass is 9.86. The van der Waals surface area contributed by atoms with Gasteiger partial charge in [-0.1, -0.05) is 113 Å². The van der Waals surface area contributed by atoms with E-state index in [4.69, 9.17) is 14.2 Å². The average Bonchev–Trinajstić information content (AvgIpc) is 3.46. The van der Waals surface area contributed by atoms with Crippen molar-refractivity contribution in [2.45, 2.75) is 121 Å². The molecular weight excluding hydrogens is 528 g/mol. The molecule has 4 rings (SSSR count). The van der Waals surface area contributed by atoms with Crippen molar-refractivity contribution in [2.24, 2.45) is 0 Å². The molecule has 6 nitrogen and oxygen atoms in total. The summed E-state index contributed by atoms with van der Waals surface area (Å²) in [6.45, 7) is 4.57. The van der Waals surface area contributed by atoms with Crippen molar-refractivity contribution < 1.29 is 28.2 Å². The summed E-state index contributed by atoms with van der Waals surface area (Å²) in [6.07, 6.45) is 15.6. The molecule has 0 bridgehead atoms. The Balaban J connectivity index is 1.47. The fourth-order valence-corrected chi connectivity index (χ4v) is 6.38. The Morgan fingerprint density at radius 3 is 1.95 bits per heavy atom. The summed E-state index contributed by atoms with van der Waals surface area (Å²) in [5, 5.41) is 0. The molecular formula is C36H51O6+. The first-order valence-corrected chi connectivity index (χ1v) is 16.5. The van der Waals surface area contributed by atoms with Gasteiger partial charge in [-0.25, -0.2) is 9.59 Å². The zero-order chi connectivity index (χ0) is 29.5. The summed E-state index contributed by atoms with van der Waals surface area (Å²) in [5.74, 6) is -0.569. The minimum absolute atomic E-state index is 0.248. The fraction of sp³-hybridized carbons (Fsp3) is 0.611. The molecule has 2 aliphatic rings. The molecule has 2 atom stereocenters. The van der Waals surface area contributed by atoms with Crippen molar-refractivity contribution in [1.82, 2.24) is 0 Å². The first-order valence-electron chi connectivity index (χ1n) is 16.5. The summed E-state index contributed by atoms with van der Waals surface area (Å²) in [6, 6.07) is 18.4. The first-order chi connectivity index (χ1) is 20.6. The van der Waals surface area contributed by atoms with E-state index in [0.717, 1.165) is 64.6 Å². The lowest BCUT2D eigenvalue weighted by molar-refractivity contribution is -0.187. The molecule has 230 valence electrons. The van der Waals surface area contributed by atoms with Crippen molar-refractivity contribution in [2.75, 3.05) is 19.8 Å². The van der Waals surface area contributed by atoms with E-state index in [2.05, 4.69) is 11.3 Å². The Morgan fingerprint density at radius 1 is 0.762 bits per heavy atom. The van der Waals surface area contributed by atoms with Crippen LogP contribution < -0.4 is 0 Å². The van der Waals surface area contributed by atoms with Gasteiger partial charge in [0.15, 0.2) is 6.10 Å². The second-order valence-electron chi connectivity index (χ2n) is 11.9. The molecule has 2 aromatic rings. The summed E-state index contributed by atoms with van der Waals surface area (Å²) < 4.78 is 21.4. The molecule has 6 heteroatoms. The topological polar surface area (TPSA) is 64.5 Å². The number of rotatable bonds is 15. The number of carbonyl (C=O) groups is 2. The number of hydrogen-bond donors (Lipinski definition) is 0.